The van der Waals surface area contributed by atoms with Gasteiger partial charge in [-0.25, -0.2) is 0 Å². The fourth-order valence-electron chi connectivity index (χ4n) is 3.06. The molecule has 2 N–H and O–H groups in total. The number of benzene rings is 2. The Balaban J connectivity index is 1.64. The van der Waals surface area contributed by atoms with Crippen molar-refractivity contribution in [3.05, 3.63) is 71.9 Å². The molecule has 1 heterocycles. The largest absolute Gasteiger partial charge is 0.394 e. The van der Waals surface area contributed by atoms with Gasteiger partial charge in [0.15, 0.2) is 0 Å². The summed E-state index contributed by atoms with van der Waals surface area (Å²) in [6, 6.07) is 17.4. The molecule has 3 aromatic rings. The van der Waals surface area contributed by atoms with Crippen LogP contribution in [0.1, 0.15) is 23.6 Å². The first-order chi connectivity index (χ1) is 11.7. The second-order valence-electron chi connectivity index (χ2n) is 6.00. The van der Waals surface area contributed by atoms with E-state index in [0.29, 0.717) is 12.8 Å². The fourth-order valence-corrected chi connectivity index (χ4v) is 3.06. The summed E-state index contributed by atoms with van der Waals surface area (Å²) >= 11 is 0. The summed E-state index contributed by atoms with van der Waals surface area (Å²) in [6.07, 6.45) is 3.16. The van der Waals surface area contributed by atoms with E-state index in [0.717, 1.165) is 5.56 Å². The molecule has 0 saturated carbocycles. The van der Waals surface area contributed by atoms with Crippen LogP contribution in [-0.2, 0) is 18.3 Å². The third-order valence-electron chi connectivity index (χ3n) is 4.32. The molecular formula is C20H22N2O2. The van der Waals surface area contributed by atoms with Gasteiger partial charge in [0.25, 0.3) is 0 Å². The number of aliphatic hydroxyl groups is 1. The van der Waals surface area contributed by atoms with Crippen LogP contribution in [0.15, 0.2) is 60.8 Å². The van der Waals surface area contributed by atoms with Gasteiger partial charge in [-0.2, -0.15) is 0 Å². The summed E-state index contributed by atoms with van der Waals surface area (Å²) in [5.41, 5.74) is 3.26. The highest BCUT2D eigenvalue weighted by Gasteiger charge is 2.14. The first-order valence-electron chi connectivity index (χ1n) is 8.17. The minimum Gasteiger partial charge on any atom is -0.394 e. The minimum absolute atomic E-state index is 0.0502. The van der Waals surface area contributed by atoms with E-state index in [1.807, 2.05) is 49.5 Å². The Morgan fingerprint density at radius 2 is 1.83 bits per heavy atom. The van der Waals surface area contributed by atoms with Gasteiger partial charge in [-0.3, -0.25) is 4.79 Å². The fraction of sp³-hybridized carbons (Fsp3) is 0.250. The van der Waals surface area contributed by atoms with Gasteiger partial charge in [-0.05, 0) is 23.6 Å². The normalized spacial score (nSPS) is 12.2. The molecule has 1 atom stereocenters. The van der Waals surface area contributed by atoms with E-state index >= 15 is 0 Å². The monoisotopic (exact) mass is 322 g/mol. The van der Waals surface area contributed by atoms with Crippen molar-refractivity contribution in [3.63, 3.8) is 0 Å². The highest BCUT2D eigenvalue weighted by molar-refractivity contribution is 5.85. The molecule has 0 fully saturated rings. The van der Waals surface area contributed by atoms with Crippen LogP contribution >= 0.6 is 0 Å². The molecule has 0 unspecified atom stereocenters. The van der Waals surface area contributed by atoms with Crippen LogP contribution in [0.2, 0.25) is 0 Å². The number of hydrogen-bond donors (Lipinski definition) is 2. The second-order valence-corrected chi connectivity index (χ2v) is 6.00. The summed E-state index contributed by atoms with van der Waals surface area (Å²) in [5.74, 6) is -0.0502. The van der Waals surface area contributed by atoms with Crippen molar-refractivity contribution in [1.82, 2.24) is 9.88 Å². The Labute approximate surface area is 141 Å². The summed E-state index contributed by atoms with van der Waals surface area (Å²) in [6.45, 7) is -0.107. The molecule has 4 heteroatoms. The van der Waals surface area contributed by atoms with Gasteiger partial charge in [0, 0.05) is 30.6 Å². The Kier molecular flexibility index (Phi) is 4.96. The zero-order valence-electron chi connectivity index (χ0n) is 13.8. The molecule has 0 aliphatic carbocycles. The predicted molar refractivity (Wildman–Crippen MR) is 95.7 cm³/mol. The maximum absolute atomic E-state index is 12.3. The highest BCUT2D eigenvalue weighted by atomic mass is 16.3. The third kappa shape index (κ3) is 3.49. The average Bonchev–Trinajstić information content (AvgIpc) is 2.95. The van der Waals surface area contributed by atoms with Gasteiger partial charge in [0.2, 0.25) is 5.91 Å². The van der Waals surface area contributed by atoms with Gasteiger partial charge < -0.3 is 15.0 Å². The number of hydrogen-bond acceptors (Lipinski definition) is 2. The van der Waals surface area contributed by atoms with Gasteiger partial charge in [-0.15, -0.1) is 0 Å². The van der Waals surface area contributed by atoms with E-state index in [1.165, 1.54) is 16.5 Å². The van der Waals surface area contributed by atoms with Crippen molar-refractivity contribution >= 4 is 16.8 Å². The van der Waals surface area contributed by atoms with Crippen molar-refractivity contribution in [1.29, 1.82) is 0 Å². The molecule has 0 bridgehead atoms. The number of aliphatic hydroxyl groups excluding tert-OH is 1. The molecule has 2 aromatic carbocycles. The first kappa shape index (κ1) is 16.3. The number of amides is 1. The number of aromatic nitrogens is 1. The number of aryl methyl sites for hydroxylation is 2. The van der Waals surface area contributed by atoms with Gasteiger partial charge in [-0.1, -0.05) is 48.5 Å². The van der Waals surface area contributed by atoms with Gasteiger partial charge >= 0.3 is 0 Å². The third-order valence-corrected chi connectivity index (χ3v) is 4.32. The molecule has 24 heavy (non-hydrogen) atoms. The van der Waals surface area contributed by atoms with Crippen molar-refractivity contribution < 1.29 is 9.90 Å². The predicted octanol–water partition coefficient (Wildman–Crippen LogP) is 2.96. The lowest BCUT2D eigenvalue weighted by atomic mass is 10.1. The molecular weight excluding hydrogens is 300 g/mol. The first-order valence-corrected chi connectivity index (χ1v) is 8.17. The Morgan fingerprint density at radius 1 is 1.12 bits per heavy atom. The summed E-state index contributed by atoms with van der Waals surface area (Å²) in [4.78, 5) is 12.3. The van der Waals surface area contributed by atoms with Crippen LogP contribution in [0.25, 0.3) is 10.9 Å². The van der Waals surface area contributed by atoms with Crippen molar-refractivity contribution in [2.75, 3.05) is 6.61 Å². The molecule has 0 radical (unpaired) electrons. The SMILES string of the molecule is Cn1cc(CCC(=O)N[C@H](CO)c2ccccc2)c2ccccc21. The zero-order chi connectivity index (χ0) is 16.9. The molecule has 0 aliphatic rings. The van der Waals surface area contributed by atoms with Gasteiger partial charge in [0.05, 0.1) is 12.6 Å². The number of fused-ring (bicyclic) bond motifs is 1. The number of carbonyl (C=O) groups excluding carboxylic acids is 1. The standard InChI is InChI=1S/C20H22N2O2/c1-22-13-16(17-9-5-6-10-19(17)22)11-12-20(24)21-18(14-23)15-7-3-2-4-8-15/h2-10,13,18,23H,11-12,14H2,1H3,(H,21,24)/t18-/m1/s1. The molecule has 1 amide bonds. The molecule has 0 saturated heterocycles. The lowest BCUT2D eigenvalue weighted by molar-refractivity contribution is -0.122. The quantitative estimate of drug-likeness (QED) is 0.733. The number of para-hydroxylation sites is 1. The molecule has 0 aliphatic heterocycles. The van der Waals surface area contributed by atoms with Crippen molar-refractivity contribution in [2.45, 2.75) is 18.9 Å². The summed E-state index contributed by atoms with van der Waals surface area (Å²) in [7, 11) is 2.02. The Hall–Kier alpha value is -2.59. The molecule has 0 spiro atoms. The van der Waals surface area contributed by atoms with E-state index in [1.54, 1.807) is 0 Å². The summed E-state index contributed by atoms with van der Waals surface area (Å²) < 4.78 is 2.09. The molecule has 124 valence electrons. The number of rotatable bonds is 6. The number of nitrogens with zero attached hydrogens (tertiary/aromatic N) is 1. The van der Waals surface area contributed by atoms with Crippen LogP contribution in [-0.4, -0.2) is 22.2 Å². The smallest absolute Gasteiger partial charge is 0.220 e. The van der Waals surface area contributed by atoms with Crippen LogP contribution < -0.4 is 5.32 Å². The summed E-state index contributed by atoms with van der Waals surface area (Å²) in [5, 5.41) is 13.6. The average molecular weight is 322 g/mol. The van der Waals surface area contributed by atoms with Crippen molar-refractivity contribution in [3.8, 4) is 0 Å². The lowest BCUT2D eigenvalue weighted by Crippen LogP contribution is -2.30. The molecule has 1 aromatic heterocycles. The zero-order valence-corrected chi connectivity index (χ0v) is 13.8. The topological polar surface area (TPSA) is 54.3 Å². The van der Waals surface area contributed by atoms with E-state index in [-0.39, 0.29) is 18.6 Å². The lowest BCUT2D eigenvalue weighted by Gasteiger charge is -2.16. The molecule has 3 rings (SSSR count). The Morgan fingerprint density at radius 3 is 2.58 bits per heavy atom. The molecule has 4 nitrogen and oxygen atoms in total. The number of nitrogens with one attached hydrogen (secondary N) is 1. The highest BCUT2D eigenvalue weighted by Crippen LogP contribution is 2.21. The van der Waals surface area contributed by atoms with E-state index in [4.69, 9.17) is 0 Å². The van der Waals surface area contributed by atoms with E-state index in [2.05, 4.69) is 28.2 Å². The Bertz CT molecular complexity index is 824. The van der Waals surface area contributed by atoms with E-state index in [9.17, 15) is 9.90 Å². The minimum atomic E-state index is -0.355. The van der Waals surface area contributed by atoms with E-state index < -0.39 is 0 Å². The second kappa shape index (κ2) is 7.32. The maximum Gasteiger partial charge on any atom is 0.220 e. The van der Waals surface area contributed by atoms with Crippen LogP contribution in [0.3, 0.4) is 0 Å². The van der Waals surface area contributed by atoms with Crippen molar-refractivity contribution in [2.24, 2.45) is 7.05 Å². The maximum atomic E-state index is 12.3. The van der Waals surface area contributed by atoms with Crippen LogP contribution in [0.5, 0.6) is 0 Å². The van der Waals surface area contributed by atoms with Gasteiger partial charge in [0.1, 0.15) is 0 Å². The number of carbonyl (C=O) groups is 1. The van der Waals surface area contributed by atoms with Crippen LogP contribution in [0, 0.1) is 0 Å². The van der Waals surface area contributed by atoms with Crippen LogP contribution in [0.4, 0.5) is 0 Å².